The van der Waals surface area contributed by atoms with Gasteiger partial charge in [0.2, 0.25) is 0 Å². The summed E-state index contributed by atoms with van der Waals surface area (Å²) in [7, 11) is 1.56. The molecule has 0 saturated heterocycles. The highest BCUT2D eigenvalue weighted by molar-refractivity contribution is 7.17. The van der Waals surface area contributed by atoms with Crippen LogP contribution in [0, 0.1) is 16.7 Å². The van der Waals surface area contributed by atoms with E-state index in [0.717, 1.165) is 13.0 Å². The summed E-state index contributed by atoms with van der Waals surface area (Å²) < 4.78 is 0. The number of anilines is 2. The summed E-state index contributed by atoms with van der Waals surface area (Å²) in [5.74, 6) is -0.251. The number of thiophene rings is 1. The van der Waals surface area contributed by atoms with Crippen molar-refractivity contribution in [3.05, 3.63) is 10.4 Å². The Bertz CT molecular complexity index is 540. The third-order valence-corrected chi connectivity index (χ3v) is 4.90. The van der Waals surface area contributed by atoms with Crippen LogP contribution in [0.15, 0.2) is 0 Å². The molecule has 1 amide bonds. The van der Waals surface area contributed by atoms with E-state index >= 15 is 0 Å². The summed E-state index contributed by atoms with van der Waals surface area (Å²) in [5.41, 5.74) is 6.91. The summed E-state index contributed by atoms with van der Waals surface area (Å²) in [4.78, 5) is 12.3. The Balaban J connectivity index is 2.24. The van der Waals surface area contributed by atoms with Gasteiger partial charge in [0.15, 0.2) is 0 Å². The molecule has 1 saturated carbocycles. The topological polar surface area (TPSA) is 90.9 Å². The van der Waals surface area contributed by atoms with Crippen molar-refractivity contribution in [3.8, 4) is 6.07 Å². The standard InChI is InChI=1S/C13H18N4OS/c1-3-13(4-5-13)7-17-12-9(11(18)16-2)10(15)8(6-14)19-12/h17H,3-5,7,15H2,1-2H3,(H,16,18). The molecule has 5 nitrogen and oxygen atoms in total. The van der Waals surface area contributed by atoms with Gasteiger partial charge >= 0.3 is 0 Å². The highest BCUT2D eigenvalue weighted by Gasteiger charge is 2.40. The van der Waals surface area contributed by atoms with E-state index in [4.69, 9.17) is 11.0 Å². The smallest absolute Gasteiger partial charge is 0.256 e. The Labute approximate surface area is 116 Å². The van der Waals surface area contributed by atoms with Crippen molar-refractivity contribution in [2.45, 2.75) is 26.2 Å². The molecule has 0 atom stereocenters. The minimum atomic E-state index is -0.251. The van der Waals surface area contributed by atoms with E-state index in [2.05, 4.69) is 17.6 Å². The molecule has 19 heavy (non-hydrogen) atoms. The lowest BCUT2D eigenvalue weighted by atomic mass is 10.0. The normalized spacial score (nSPS) is 15.6. The van der Waals surface area contributed by atoms with Crippen LogP contribution >= 0.6 is 11.3 Å². The number of hydrogen-bond donors (Lipinski definition) is 3. The number of amides is 1. The maximum absolute atomic E-state index is 11.9. The molecule has 1 heterocycles. The first-order valence-corrected chi connectivity index (χ1v) is 7.17. The summed E-state index contributed by atoms with van der Waals surface area (Å²) in [6.07, 6.45) is 3.57. The molecular weight excluding hydrogens is 260 g/mol. The average Bonchev–Trinajstić information content (AvgIpc) is 3.14. The predicted octanol–water partition coefficient (Wildman–Crippen LogP) is 2.16. The van der Waals surface area contributed by atoms with Crippen LogP contribution in [0.2, 0.25) is 0 Å². The Kier molecular flexibility index (Phi) is 3.67. The van der Waals surface area contributed by atoms with Crippen molar-refractivity contribution in [3.63, 3.8) is 0 Å². The largest absolute Gasteiger partial charge is 0.396 e. The van der Waals surface area contributed by atoms with Crippen LogP contribution in [0.3, 0.4) is 0 Å². The van der Waals surface area contributed by atoms with Gasteiger partial charge in [-0.15, -0.1) is 11.3 Å². The molecule has 0 aromatic carbocycles. The molecule has 1 aromatic rings. The van der Waals surface area contributed by atoms with Crippen molar-refractivity contribution in [1.29, 1.82) is 5.26 Å². The molecule has 0 spiro atoms. The van der Waals surface area contributed by atoms with Crippen molar-refractivity contribution in [1.82, 2.24) is 5.32 Å². The third kappa shape index (κ3) is 2.51. The number of carbonyl (C=O) groups is 1. The first-order valence-electron chi connectivity index (χ1n) is 6.35. The number of hydrogen-bond acceptors (Lipinski definition) is 5. The van der Waals surface area contributed by atoms with Gasteiger partial charge in [-0.2, -0.15) is 5.26 Å². The maximum Gasteiger partial charge on any atom is 0.256 e. The van der Waals surface area contributed by atoms with Crippen molar-refractivity contribution in [2.24, 2.45) is 5.41 Å². The summed E-state index contributed by atoms with van der Waals surface area (Å²) in [6, 6.07) is 2.04. The number of nitrogens with zero attached hydrogens (tertiary/aromatic N) is 1. The second-order valence-corrected chi connectivity index (χ2v) is 5.97. The van der Waals surface area contributed by atoms with E-state index in [1.165, 1.54) is 24.2 Å². The van der Waals surface area contributed by atoms with Crippen molar-refractivity contribution >= 4 is 27.9 Å². The molecule has 1 aromatic heterocycles. The average molecular weight is 278 g/mol. The molecule has 1 aliphatic rings. The van der Waals surface area contributed by atoms with Crippen molar-refractivity contribution < 1.29 is 4.79 Å². The number of carbonyl (C=O) groups excluding carboxylic acids is 1. The molecule has 0 unspecified atom stereocenters. The van der Waals surface area contributed by atoms with Crippen LogP contribution < -0.4 is 16.4 Å². The van der Waals surface area contributed by atoms with Gasteiger partial charge in [-0.05, 0) is 24.7 Å². The SMILES string of the molecule is CCC1(CNc2sc(C#N)c(N)c2C(=O)NC)CC1. The molecule has 102 valence electrons. The Morgan fingerprint density at radius 1 is 1.58 bits per heavy atom. The quantitative estimate of drug-likeness (QED) is 0.769. The molecule has 1 aliphatic carbocycles. The molecule has 6 heteroatoms. The molecule has 2 rings (SSSR count). The third-order valence-electron chi connectivity index (χ3n) is 3.83. The zero-order valence-corrected chi connectivity index (χ0v) is 12.0. The summed E-state index contributed by atoms with van der Waals surface area (Å²) in [5, 5.41) is 15.6. The van der Waals surface area contributed by atoms with Crippen molar-refractivity contribution in [2.75, 3.05) is 24.6 Å². The second kappa shape index (κ2) is 5.10. The summed E-state index contributed by atoms with van der Waals surface area (Å²) in [6.45, 7) is 3.01. The maximum atomic E-state index is 11.9. The van der Waals surface area contributed by atoms with Gasteiger partial charge in [0, 0.05) is 13.6 Å². The highest BCUT2D eigenvalue weighted by atomic mass is 32.1. The van der Waals surface area contributed by atoms with Crippen LogP contribution in [0.25, 0.3) is 0 Å². The van der Waals surface area contributed by atoms with Gasteiger partial charge in [-0.3, -0.25) is 4.79 Å². The van der Waals surface area contributed by atoms with Crippen LogP contribution in [-0.2, 0) is 0 Å². The Morgan fingerprint density at radius 2 is 2.26 bits per heavy atom. The molecule has 1 fully saturated rings. The fourth-order valence-electron chi connectivity index (χ4n) is 2.10. The predicted molar refractivity (Wildman–Crippen MR) is 77.3 cm³/mol. The first-order chi connectivity index (χ1) is 9.06. The van der Waals surface area contributed by atoms with Crippen LogP contribution in [0.5, 0.6) is 0 Å². The molecule has 0 bridgehead atoms. The zero-order valence-electron chi connectivity index (χ0n) is 11.2. The van der Waals surface area contributed by atoms with Crippen LogP contribution in [0.4, 0.5) is 10.7 Å². The van der Waals surface area contributed by atoms with E-state index in [1.807, 2.05) is 6.07 Å². The Hall–Kier alpha value is -1.74. The first kappa shape index (κ1) is 13.7. The second-order valence-electron chi connectivity index (χ2n) is 4.95. The number of nitrogens with one attached hydrogen (secondary N) is 2. The molecule has 4 N–H and O–H groups in total. The number of nitrogens with two attached hydrogens (primary N) is 1. The van der Waals surface area contributed by atoms with Crippen LogP contribution in [-0.4, -0.2) is 19.5 Å². The van der Waals surface area contributed by atoms with Gasteiger partial charge in [0.25, 0.3) is 5.91 Å². The Morgan fingerprint density at radius 3 is 2.74 bits per heavy atom. The zero-order chi connectivity index (χ0) is 14.0. The summed E-state index contributed by atoms with van der Waals surface area (Å²) >= 11 is 1.25. The molecular formula is C13H18N4OS. The van der Waals surface area contributed by atoms with Gasteiger partial charge in [0.1, 0.15) is 15.9 Å². The van der Waals surface area contributed by atoms with Gasteiger partial charge in [0.05, 0.1) is 11.3 Å². The van der Waals surface area contributed by atoms with Gasteiger partial charge < -0.3 is 16.4 Å². The lowest BCUT2D eigenvalue weighted by molar-refractivity contribution is 0.0965. The van der Waals surface area contributed by atoms with E-state index < -0.39 is 0 Å². The fourth-order valence-corrected chi connectivity index (χ4v) is 3.01. The van der Waals surface area contributed by atoms with Gasteiger partial charge in [-0.1, -0.05) is 6.92 Å². The molecule has 0 radical (unpaired) electrons. The van der Waals surface area contributed by atoms with Crippen LogP contribution in [0.1, 0.15) is 41.4 Å². The lowest BCUT2D eigenvalue weighted by Gasteiger charge is -2.14. The van der Waals surface area contributed by atoms with E-state index in [0.29, 0.717) is 20.9 Å². The van der Waals surface area contributed by atoms with Gasteiger partial charge in [-0.25, -0.2) is 0 Å². The lowest BCUT2D eigenvalue weighted by Crippen LogP contribution is -2.21. The highest BCUT2D eigenvalue weighted by Crippen LogP contribution is 2.49. The number of nitrogen functional groups attached to an aromatic ring is 1. The molecule has 0 aliphatic heterocycles. The van der Waals surface area contributed by atoms with E-state index in [9.17, 15) is 4.79 Å². The van der Waals surface area contributed by atoms with E-state index in [-0.39, 0.29) is 11.6 Å². The van der Waals surface area contributed by atoms with E-state index in [1.54, 1.807) is 7.05 Å². The number of rotatable bonds is 5. The minimum absolute atomic E-state index is 0.251. The monoisotopic (exact) mass is 278 g/mol. The minimum Gasteiger partial charge on any atom is -0.396 e. The fraction of sp³-hybridized carbons (Fsp3) is 0.538. The number of nitriles is 1.